The minimum Gasteiger partial charge on any atom is -0.484 e. The molecular formula is C14H17NOS. The molecule has 0 aliphatic heterocycles. The van der Waals surface area contributed by atoms with E-state index in [0.29, 0.717) is 6.54 Å². The predicted molar refractivity (Wildman–Crippen MR) is 72.7 cm³/mol. The van der Waals surface area contributed by atoms with Crippen molar-refractivity contribution in [3.63, 3.8) is 0 Å². The van der Waals surface area contributed by atoms with E-state index in [1.54, 1.807) is 11.3 Å². The Balaban J connectivity index is 2.16. The lowest BCUT2D eigenvalue weighted by Gasteiger charge is -2.17. The molecule has 1 heterocycles. The maximum Gasteiger partial charge on any atom is 0.137 e. The lowest BCUT2D eigenvalue weighted by Crippen LogP contribution is -2.17. The predicted octanol–water partition coefficient (Wildman–Crippen LogP) is 3.44. The molecule has 0 spiro atoms. The van der Waals surface area contributed by atoms with Crippen LogP contribution in [0.25, 0.3) is 0 Å². The van der Waals surface area contributed by atoms with Gasteiger partial charge in [0.15, 0.2) is 0 Å². The van der Waals surface area contributed by atoms with Gasteiger partial charge in [-0.2, -0.15) is 11.3 Å². The summed E-state index contributed by atoms with van der Waals surface area (Å²) in [4.78, 5) is 0. The molecule has 0 amide bonds. The van der Waals surface area contributed by atoms with E-state index in [0.717, 1.165) is 11.3 Å². The number of benzene rings is 1. The average molecular weight is 247 g/mol. The number of hydrogen-bond acceptors (Lipinski definition) is 3. The Bertz CT molecular complexity index is 479. The third kappa shape index (κ3) is 2.87. The van der Waals surface area contributed by atoms with Crippen LogP contribution in [0.1, 0.15) is 22.8 Å². The minimum absolute atomic E-state index is 0.0524. The van der Waals surface area contributed by atoms with Crippen molar-refractivity contribution in [1.82, 2.24) is 0 Å². The second-order valence-corrected chi connectivity index (χ2v) is 4.92. The molecule has 1 atom stereocenters. The first-order valence-electron chi connectivity index (χ1n) is 5.67. The SMILES string of the molecule is Cc1ccc(OC(CN)c2ccsc2)cc1C. The zero-order valence-corrected chi connectivity index (χ0v) is 11.0. The molecule has 0 saturated carbocycles. The van der Waals surface area contributed by atoms with Crippen LogP contribution in [0.15, 0.2) is 35.0 Å². The van der Waals surface area contributed by atoms with Crippen molar-refractivity contribution >= 4 is 11.3 Å². The zero-order chi connectivity index (χ0) is 12.3. The fraction of sp³-hybridized carbons (Fsp3) is 0.286. The van der Waals surface area contributed by atoms with Crippen LogP contribution in [-0.4, -0.2) is 6.54 Å². The molecule has 2 N–H and O–H groups in total. The van der Waals surface area contributed by atoms with Gasteiger partial charge in [0.05, 0.1) is 0 Å². The second-order valence-electron chi connectivity index (χ2n) is 4.14. The minimum atomic E-state index is -0.0524. The first-order valence-corrected chi connectivity index (χ1v) is 6.61. The zero-order valence-electron chi connectivity index (χ0n) is 10.1. The molecule has 2 nitrogen and oxygen atoms in total. The average Bonchev–Trinajstić information content (AvgIpc) is 2.84. The van der Waals surface area contributed by atoms with Crippen LogP contribution in [0.2, 0.25) is 0 Å². The first-order chi connectivity index (χ1) is 8.20. The Morgan fingerprint density at radius 2 is 2.06 bits per heavy atom. The smallest absolute Gasteiger partial charge is 0.137 e. The van der Waals surface area contributed by atoms with E-state index in [4.69, 9.17) is 10.5 Å². The lowest BCUT2D eigenvalue weighted by atomic mass is 10.1. The summed E-state index contributed by atoms with van der Waals surface area (Å²) >= 11 is 1.66. The van der Waals surface area contributed by atoms with Crippen molar-refractivity contribution in [2.45, 2.75) is 20.0 Å². The second kappa shape index (κ2) is 5.34. The summed E-state index contributed by atoms with van der Waals surface area (Å²) in [6, 6.07) is 8.19. The Morgan fingerprint density at radius 1 is 1.24 bits per heavy atom. The summed E-state index contributed by atoms with van der Waals surface area (Å²) in [7, 11) is 0. The largest absolute Gasteiger partial charge is 0.484 e. The number of nitrogens with two attached hydrogens (primary N) is 1. The molecule has 1 aromatic carbocycles. The molecule has 0 saturated heterocycles. The van der Waals surface area contributed by atoms with Gasteiger partial charge in [0.25, 0.3) is 0 Å². The van der Waals surface area contributed by atoms with Gasteiger partial charge in [0.1, 0.15) is 11.9 Å². The van der Waals surface area contributed by atoms with Crippen molar-refractivity contribution in [3.8, 4) is 5.75 Å². The van der Waals surface area contributed by atoms with E-state index in [-0.39, 0.29) is 6.10 Å². The van der Waals surface area contributed by atoms with E-state index in [9.17, 15) is 0 Å². The fourth-order valence-electron chi connectivity index (χ4n) is 1.66. The number of ether oxygens (including phenoxy) is 1. The molecule has 0 radical (unpaired) electrons. The van der Waals surface area contributed by atoms with Gasteiger partial charge in [-0.05, 0) is 53.9 Å². The maximum atomic E-state index is 5.93. The molecule has 0 bridgehead atoms. The molecule has 1 aromatic heterocycles. The van der Waals surface area contributed by atoms with Crippen LogP contribution < -0.4 is 10.5 Å². The van der Waals surface area contributed by atoms with Gasteiger partial charge in [-0.1, -0.05) is 6.07 Å². The van der Waals surface area contributed by atoms with Crippen LogP contribution in [0.4, 0.5) is 0 Å². The van der Waals surface area contributed by atoms with Gasteiger partial charge in [0, 0.05) is 12.1 Å². The summed E-state index contributed by atoms with van der Waals surface area (Å²) in [5.74, 6) is 0.884. The summed E-state index contributed by atoms with van der Waals surface area (Å²) in [5.41, 5.74) is 9.42. The monoisotopic (exact) mass is 247 g/mol. The number of aryl methyl sites for hydroxylation is 2. The van der Waals surface area contributed by atoms with E-state index in [2.05, 4.69) is 37.4 Å². The van der Waals surface area contributed by atoms with E-state index in [1.165, 1.54) is 11.1 Å². The third-order valence-electron chi connectivity index (χ3n) is 2.89. The Kier molecular flexibility index (Phi) is 3.82. The molecule has 17 heavy (non-hydrogen) atoms. The normalized spacial score (nSPS) is 12.4. The number of thiophene rings is 1. The Labute approximate surface area is 106 Å². The van der Waals surface area contributed by atoms with Gasteiger partial charge in [0.2, 0.25) is 0 Å². The third-order valence-corrected chi connectivity index (χ3v) is 3.59. The summed E-state index contributed by atoms with van der Waals surface area (Å²) < 4.78 is 5.93. The van der Waals surface area contributed by atoms with Crippen LogP contribution in [0.3, 0.4) is 0 Å². The molecule has 0 fully saturated rings. The Morgan fingerprint density at radius 3 is 2.65 bits per heavy atom. The van der Waals surface area contributed by atoms with Gasteiger partial charge in [-0.3, -0.25) is 0 Å². The maximum absolute atomic E-state index is 5.93. The highest BCUT2D eigenvalue weighted by Gasteiger charge is 2.12. The van der Waals surface area contributed by atoms with E-state index >= 15 is 0 Å². The standard InChI is InChI=1S/C14H17NOS/c1-10-3-4-13(7-11(10)2)16-14(8-15)12-5-6-17-9-12/h3-7,9,14H,8,15H2,1-2H3. The molecule has 2 rings (SSSR count). The molecule has 0 aliphatic rings. The van der Waals surface area contributed by atoms with Crippen LogP contribution >= 0.6 is 11.3 Å². The van der Waals surface area contributed by atoms with E-state index < -0.39 is 0 Å². The number of hydrogen-bond donors (Lipinski definition) is 1. The quantitative estimate of drug-likeness (QED) is 0.898. The highest BCUT2D eigenvalue weighted by Crippen LogP contribution is 2.24. The lowest BCUT2D eigenvalue weighted by molar-refractivity contribution is 0.214. The van der Waals surface area contributed by atoms with Crippen molar-refractivity contribution in [1.29, 1.82) is 0 Å². The van der Waals surface area contributed by atoms with Gasteiger partial charge in [-0.15, -0.1) is 0 Å². The molecule has 3 heteroatoms. The fourth-order valence-corrected chi connectivity index (χ4v) is 2.36. The molecule has 1 unspecified atom stereocenters. The molecule has 2 aromatic rings. The van der Waals surface area contributed by atoms with Crippen molar-refractivity contribution in [3.05, 3.63) is 51.7 Å². The van der Waals surface area contributed by atoms with Crippen molar-refractivity contribution in [2.24, 2.45) is 5.73 Å². The first kappa shape index (κ1) is 12.1. The number of rotatable bonds is 4. The van der Waals surface area contributed by atoms with Crippen LogP contribution in [0, 0.1) is 13.8 Å². The van der Waals surface area contributed by atoms with Crippen molar-refractivity contribution < 1.29 is 4.74 Å². The summed E-state index contributed by atoms with van der Waals surface area (Å²) in [5, 5.41) is 4.13. The highest BCUT2D eigenvalue weighted by atomic mass is 32.1. The summed E-state index contributed by atoms with van der Waals surface area (Å²) in [6.45, 7) is 4.67. The topological polar surface area (TPSA) is 35.2 Å². The van der Waals surface area contributed by atoms with Crippen molar-refractivity contribution in [2.75, 3.05) is 6.54 Å². The Hall–Kier alpha value is -1.32. The van der Waals surface area contributed by atoms with Crippen LogP contribution in [-0.2, 0) is 0 Å². The van der Waals surface area contributed by atoms with E-state index in [1.807, 2.05) is 11.4 Å². The highest BCUT2D eigenvalue weighted by molar-refractivity contribution is 7.07. The van der Waals surface area contributed by atoms with Gasteiger partial charge in [-0.25, -0.2) is 0 Å². The molecule has 0 aliphatic carbocycles. The molecule has 90 valence electrons. The van der Waals surface area contributed by atoms with Gasteiger partial charge >= 0.3 is 0 Å². The summed E-state index contributed by atoms with van der Waals surface area (Å²) in [6.07, 6.45) is -0.0524. The van der Waals surface area contributed by atoms with Crippen LogP contribution in [0.5, 0.6) is 5.75 Å². The van der Waals surface area contributed by atoms with Gasteiger partial charge < -0.3 is 10.5 Å². The molecular weight excluding hydrogens is 230 g/mol.